The van der Waals surface area contributed by atoms with Crippen LogP contribution in [-0.4, -0.2) is 87.5 Å². The van der Waals surface area contributed by atoms with E-state index in [2.05, 4.69) is 68.3 Å². The molecular weight excluding hydrogens is 733 g/mol. The predicted octanol–water partition coefficient (Wildman–Crippen LogP) is 8.25. The maximum atomic E-state index is 14.4. The van der Waals surface area contributed by atoms with Crippen molar-refractivity contribution in [2.45, 2.75) is 38.4 Å². The highest BCUT2D eigenvalue weighted by molar-refractivity contribution is 5.85. The van der Waals surface area contributed by atoms with Gasteiger partial charge in [0.25, 0.3) is 0 Å². The van der Waals surface area contributed by atoms with E-state index in [4.69, 9.17) is 28.4 Å². The molecular formula is C47H50N4O7. The van der Waals surface area contributed by atoms with E-state index in [0.29, 0.717) is 47.5 Å². The second-order valence-corrected chi connectivity index (χ2v) is 14.3. The Morgan fingerprint density at radius 1 is 0.638 bits per heavy atom. The Hall–Kier alpha value is -6.33. The van der Waals surface area contributed by atoms with E-state index in [0.717, 1.165) is 82.3 Å². The molecule has 11 nitrogen and oxygen atoms in total. The van der Waals surface area contributed by atoms with Crippen LogP contribution in [0.15, 0.2) is 104 Å². The van der Waals surface area contributed by atoms with E-state index in [1.165, 1.54) is 0 Å². The molecule has 58 heavy (non-hydrogen) atoms. The Labute approximate surface area is 340 Å². The van der Waals surface area contributed by atoms with Gasteiger partial charge in [-0.05, 0) is 88.3 Å². The number of methoxy groups -OCH3 is 6. The minimum absolute atomic E-state index is 0.0567. The van der Waals surface area contributed by atoms with Gasteiger partial charge in [-0.15, -0.1) is 0 Å². The van der Waals surface area contributed by atoms with Crippen LogP contribution in [0, 0.1) is 0 Å². The third-order valence-corrected chi connectivity index (χ3v) is 10.8. The molecule has 0 bridgehead atoms. The maximum Gasteiger partial charge on any atom is 0.227 e. The molecule has 7 rings (SSSR count). The molecule has 0 unspecified atom stereocenters. The second-order valence-electron chi connectivity index (χ2n) is 14.3. The summed E-state index contributed by atoms with van der Waals surface area (Å²) in [7, 11) is 9.61. The first kappa shape index (κ1) is 39.9. The van der Waals surface area contributed by atoms with E-state index in [1.54, 1.807) is 42.7 Å². The molecule has 11 heteroatoms. The summed E-state index contributed by atoms with van der Waals surface area (Å²) in [5.41, 5.74) is 6.54. The Morgan fingerprint density at radius 2 is 1.26 bits per heavy atom. The number of hydrogen-bond acceptors (Lipinski definition) is 10. The van der Waals surface area contributed by atoms with E-state index in [-0.39, 0.29) is 11.9 Å². The lowest BCUT2D eigenvalue weighted by Crippen LogP contribution is -2.47. The van der Waals surface area contributed by atoms with Crippen molar-refractivity contribution in [3.8, 4) is 56.9 Å². The number of likely N-dealkylation sites (tertiary alicyclic amines) is 1. The summed E-state index contributed by atoms with van der Waals surface area (Å²) in [5, 5.41) is 2.28. The number of piperidine rings is 1. The zero-order valence-corrected chi connectivity index (χ0v) is 34.0. The van der Waals surface area contributed by atoms with Crippen molar-refractivity contribution >= 4 is 16.7 Å². The molecule has 4 aromatic carbocycles. The van der Waals surface area contributed by atoms with Gasteiger partial charge in [0.05, 0.1) is 54.8 Å². The summed E-state index contributed by atoms with van der Waals surface area (Å²) in [5.74, 6) is 3.44. The lowest BCUT2D eigenvalue weighted by Gasteiger charge is -2.39. The first-order valence-electron chi connectivity index (χ1n) is 19.3. The van der Waals surface area contributed by atoms with E-state index < -0.39 is 0 Å². The molecule has 2 aromatic heterocycles. The highest BCUT2D eigenvalue weighted by Crippen LogP contribution is 2.42. The lowest BCUT2D eigenvalue weighted by atomic mass is 9.99. The molecule has 0 spiro atoms. The number of rotatable bonds is 15. The van der Waals surface area contributed by atoms with Crippen LogP contribution in [0.4, 0.5) is 0 Å². The third kappa shape index (κ3) is 8.79. The molecule has 1 aliphatic heterocycles. The van der Waals surface area contributed by atoms with Gasteiger partial charge in [0.15, 0.2) is 23.0 Å². The molecule has 6 aromatic rings. The minimum Gasteiger partial charge on any atom is -0.493 e. The molecule has 0 aliphatic carbocycles. The Morgan fingerprint density at radius 3 is 1.88 bits per heavy atom. The number of carbonyl (C=O) groups excluding carboxylic acids is 1. The van der Waals surface area contributed by atoms with Gasteiger partial charge in [-0.25, -0.2) is 0 Å². The molecule has 1 saturated heterocycles. The molecule has 1 amide bonds. The summed E-state index contributed by atoms with van der Waals surface area (Å²) in [6.45, 7) is 2.88. The molecule has 3 heterocycles. The summed E-state index contributed by atoms with van der Waals surface area (Å²) >= 11 is 0. The molecule has 0 saturated carbocycles. The van der Waals surface area contributed by atoms with Crippen LogP contribution in [0.25, 0.3) is 33.2 Å². The standard InChI is InChI=1S/C47H50N4O7/c1-53-41-23-36(24-42(54-2)46(41)57-5)38-20-33(27-48-28-38)30-51(45(52)22-31-11-12-34-9-7-8-10-35(34)19-31)39-14-17-50(18-15-39)29-32-13-16-49-40(21-32)37-25-43(55-3)47(58-6)44(26-37)56-4/h7-13,16,19-21,23-28,39H,14-15,17-18,22,29-30H2,1-6H3. The number of amides is 1. The van der Waals surface area contributed by atoms with Crippen LogP contribution in [0.1, 0.15) is 29.5 Å². The average Bonchev–Trinajstić information content (AvgIpc) is 3.27. The van der Waals surface area contributed by atoms with E-state index >= 15 is 0 Å². The number of benzene rings is 4. The largest absolute Gasteiger partial charge is 0.493 e. The number of carbonyl (C=O) groups is 1. The van der Waals surface area contributed by atoms with Gasteiger partial charge in [0, 0.05) is 61.9 Å². The van der Waals surface area contributed by atoms with Crippen LogP contribution in [0.2, 0.25) is 0 Å². The van der Waals surface area contributed by atoms with Crippen LogP contribution in [-0.2, 0) is 24.3 Å². The summed E-state index contributed by atoms with van der Waals surface area (Å²) in [4.78, 5) is 28.2. The number of nitrogens with zero attached hydrogens (tertiary/aromatic N) is 4. The summed E-state index contributed by atoms with van der Waals surface area (Å²) in [6.07, 6.45) is 7.50. The Bertz CT molecular complexity index is 2330. The first-order chi connectivity index (χ1) is 28.3. The fourth-order valence-corrected chi connectivity index (χ4v) is 7.83. The SMILES string of the molecule is COc1cc(-c2cncc(CN(C(=O)Cc3ccc4ccccc4c3)C3CCN(Cc4ccnc(-c5cc(OC)c(OC)c(OC)c5)c4)CC3)c2)cc(OC)c1OC. The van der Waals surface area contributed by atoms with Gasteiger partial charge < -0.3 is 33.3 Å². The van der Waals surface area contributed by atoms with Crippen molar-refractivity contribution in [1.82, 2.24) is 19.8 Å². The van der Waals surface area contributed by atoms with Crippen molar-refractivity contribution in [3.05, 3.63) is 120 Å². The van der Waals surface area contributed by atoms with E-state index in [1.807, 2.05) is 55.0 Å². The molecule has 0 N–H and O–H groups in total. The fraction of sp³-hybridized carbons (Fsp3) is 0.298. The van der Waals surface area contributed by atoms with Gasteiger partial charge in [-0.2, -0.15) is 0 Å². The van der Waals surface area contributed by atoms with Crippen LogP contribution in [0.3, 0.4) is 0 Å². The molecule has 1 fully saturated rings. The number of pyridine rings is 2. The van der Waals surface area contributed by atoms with Gasteiger partial charge in [-0.3, -0.25) is 19.7 Å². The fourth-order valence-electron chi connectivity index (χ4n) is 7.83. The van der Waals surface area contributed by atoms with Crippen LogP contribution >= 0.6 is 0 Å². The van der Waals surface area contributed by atoms with Crippen molar-refractivity contribution in [2.75, 3.05) is 55.7 Å². The molecule has 300 valence electrons. The minimum atomic E-state index is 0.0567. The Kier molecular flexibility index (Phi) is 12.6. The predicted molar refractivity (Wildman–Crippen MR) is 225 cm³/mol. The monoisotopic (exact) mass is 782 g/mol. The number of fused-ring (bicyclic) bond motifs is 1. The topological polar surface area (TPSA) is 105 Å². The van der Waals surface area contributed by atoms with Crippen molar-refractivity contribution < 1.29 is 33.2 Å². The van der Waals surface area contributed by atoms with Crippen LogP contribution < -0.4 is 28.4 Å². The maximum absolute atomic E-state index is 14.4. The van der Waals surface area contributed by atoms with Crippen molar-refractivity contribution in [1.29, 1.82) is 0 Å². The number of aromatic nitrogens is 2. The van der Waals surface area contributed by atoms with Crippen molar-refractivity contribution in [2.24, 2.45) is 0 Å². The molecule has 0 radical (unpaired) electrons. The average molecular weight is 783 g/mol. The smallest absolute Gasteiger partial charge is 0.227 e. The zero-order valence-electron chi connectivity index (χ0n) is 34.0. The van der Waals surface area contributed by atoms with Gasteiger partial charge >= 0.3 is 0 Å². The lowest BCUT2D eigenvalue weighted by molar-refractivity contribution is -0.134. The second kappa shape index (κ2) is 18.3. The van der Waals surface area contributed by atoms with Gasteiger partial charge in [0.2, 0.25) is 17.4 Å². The van der Waals surface area contributed by atoms with E-state index in [9.17, 15) is 4.79 Å². The summed E-state index contributed by atoms with van der Waals surface area (Å²) in [6, 6.07) is 28.5. The Balaban J connectivity index is 1.11. The zero-order chi connectivity index (χ0) is 40.6. The van der Waals surface area contributed by atoms with Gasteiger partial charge in [0.1, 0.15) is 0 Å². The van der Waals surface area contributed by atoms with Crippen LogP contribution in [0.5, 0.6) is 34.5 Å². The highest BCUT2D eigenvalue weighted by Gasteiger charge is 2.29. The summed E-state index contributed by atoms with van der Waals surface area (Å²) < 4.78 is 33.5. The number of hydrogen-bond donors (Lipinski definition) is 0. The molecule has 1 aliphatic rings. The number of ether oxygens (including phenoxy) is 6. The first-order valence-corrected chi connectivity index (χ1v) is 19.3. The highest BCUT2D eigenvalue weighted by atomic mass is 16.5. The third-order valence-electron chi connectivity index (χ3n) is 10.8. The molecule has 0 atom stereocenters. The quantitative estimate of drug-likeness (QED) is 0.101. The van der Waals surface area contributed by atoms with Gasteiger partial charge in [-0.1, -0.05) is 42.5 Å². The normalized spacial score (nSPS) is 13.2. The van der Waals surface area contributed by atoms with Crippen molar-refractivity contribution in [3.63, 3.8) is 0 Å².